The van der Waals surface area contributed by atoms with Crippen LogP contribution in [0.25, 0.3) is 11.1 Å². The Hall–Kier alpha value is -0.246. The molecule has 0 amide bonds. The van der Waals surface area contributed by atoms with E-state index in [1.54, 1.807) is 0 Å². The lowest BCUT2D eigenvalue weighted by Crippen LogP contribution is -2.45. The molecule has 0 spiro atoms. The van der Waals surface area contributed by atoms with E-state index in [0.717, 1.165) is 8.95 Å². The molecule has 2 atom stereocenters. The zero-order valence-electron chi connectivity index (χ0n) is 28.9. The third-order valence-corrected chi connectivity index (χ3v) is 20.0. The minimum absolute atomic E-state index is 0.0571. The summed E-state index contributed by atoms with van der Waals surface area (Å²) in [6, 6.07) is 21.4. The normalized spacial score (nSPS) is 16.6. The highest BCUT2D eigenvalue weighted by Gasteiger charge is 2.46. The van der Waals surface area contributed by atoms with Crippen molar-refractivity contribution in [2.24, 2.45) is 0 Å². The van der Waals surface area contributed by atoms with Crippen LogP contribution < -0.4 is 0 Å². The van der Waals surface area contributed by atoms with Crippen LogP contribution in [0.1, 0.15) is 142 Å². The molecule has 0 aliphatic heterocycles. The van der Waals surface area contributed by atoms with Gasteiger partial charge in [0.2, 0.25) is 0 Å². The van der Waals surface area contributed by atoms with Crippen LogP contribution in [-0.2, 0) is 8.85 Å². The van der Waals surface area contributed by atoms with Crippen LogP contribution in [0, 0.1) is 0 Å². The lowest BCUT2D eigenvalue weighted by atomic mass is 9.82. The number of halogens is 2. The predicted molar refractivity (Wildman–Crippen MR) is 205 cm³/mol. The number of unbranched alkanes of at least 4 members (excludes halogenated alkanes) is 6. The summed E-state index contributed by atoms with van der Waals surface area (Å²) in [7, 11) is -4.10. The van der Waals surface area contributed by atoms with E-state index in [2.05, 4.69) is 110 Å². The van der Waals surface area contributed by atoms with Crippen molar-refractivity contribution in [3.8, 4) is 11.1 Å². The third-order valence-electron chi connectivity index (χ3n) is 9.88. The Morgan fingerprint density at radius 2 is 0.750 bits per heavy atom. The topological polar surface area (TPSA) is 18.5 Å². The lowest BCUT2D eigenvalue weighted by molar-refractivity contribution is 0.0333. The van der Waals surface area contributed by atoms with Gasteiger partial charge in [-0.3, -0.25) is 0 Å². The molecule has 2 aromatic rings. The molecule has 0 aromatic heterocycles. The van der Waals surface area contributed by atoms with Crippen LogP contribution in [0.2, 0.25) is 36.3 Å². The predicted octanol–water partition coefficient (Wildman–Crippen LogP) is 14.7. The molecule has 0 fully saturated rings. The van der Waals surface area contributed by atoms with E-state index in [9.17, 15) is 0 Å². The summed E-state index contributed by atoms with van der Waals surface area (Å²) < 4.78 is 18.1. The molecule has 3 rings (SSSR count). The van der Waals surface area contributed by atoms with Crippen LogP contribution in [0.5, 0.6) is 0 Å². The van der Waals surface area contributed by atoms with Gasteiger partial charge in [0.15, 0.2) is 16.6 Å². The van der Waals surface area contributed by atoms with Crippen molar-refractivity contribution in [2.45, 2.75) is 167 Å². The molecule has 1 aliphatic carbocycles. The zero-order valence-corrected chi connectivity index (χ0v) is 34.1. The summed E-state index contributed by atoms with van der Waals surface area (Å²) in [6.07, 6.45) is 14.9. The monoisotopic (exact) mass is 764 g/mol. The van der Waals surface area contributed by atoms with Gasteiger partial charge in [0.1, 0.15) is 12.2 Å². The summed E-state index contributed by atoms with van der Waals surface area (Å²) in [5, 5.41) is 0. The largest absolute Gasteiger partial charge is 0.407 e. The highest BCUT2D eigenvalue weighted by atomic mass is 79.9. The van der Waals surface area contributed by atoms with Gasteiger partial charge in [-0.2, -0.15) is 0 Å². The van der Waals surface area contributed by atoms with Crippen molar-refractivity contribution in [3.05, 3.63) is 56.5 Å². The summed E-state index contributed by atoms with van der Waals surface area (Å²) >= 11 is 7.75. The molecule has 248 valence electrons. The average Bonchev–Trinajstić information content (AvgIpc) is 3.03. The van der Waals surface area contributed by atoms with Crippen molar-refractivity contribution in [2.75, 3.05) is 0 Å². The Morgan fingerprint density at radius 1 is 0.477 bits per heavy atom. The molecule has 2 nitrogen and oxygen atoms in total. The molecule has 0 heterocycles. The molecule has 0 bridgehead atoms. The Morgan fingerprint density at radius 3 is 1.00 bits per heavy atom. The molecule has 0 unspecified atom stereocenters. The van der Waals surface area contributed by atoms with Crippen LogP contribution >= 0.6 is 31.9 Å². The first-order valence-electron chi connectivity index (χ1n) is 18.3. The molecule has 1 aliphatic rings. The van der Waals surface area contributed by atoms with E-state index in [0.29, 0.717) is 0 Å². The summed E-state index contributed by atoms with van der Waals surface area (Å²) in [5.41, 5.74) is 5.33. The summed E-state index contributed by atoms with van der Waals surface area (Å²) in [4.78, 5) is 0. The molecule has 6 heteroatoms. The molecular formula is C38H62Br2O2Si2. The molecule has 0 radical (unpaired) electrons. The van der Waals surface area contributed by atoms with Crippen molar-refractivity contribution in [1.82, 2.24) is 0 Å². The van der Waals surface area contributed by atoms with Gasteiger partial charge in [-0.25, -0.2) is 0 Å². The lowest BCUT2D eigenvalue weighted by Gasteiger charge is -2.46. The smallest absolute Gasteiger partial charge is 0.193 e. The van der Waals surface area contributed by atoms with E-state index in [1.165, 1.54) is 136 Å². The first kappa shape index (κ1) is 38.2. The first-order chi connectivity index (χ1) is 21.3. The highest BCUT2D eigenvalue weighted by molar-refractivity contribution is 9.10. The van der Waals surface area contributed by atoms with Crippen molar-refractivity contribution < 1.29 is 8.85 Å². The maximum atomic E-state index is 7.94. The van der Waals surface area contributed by atoms with Gasteiger partial charge in [0, 0.05) is 8.95 Å². The second-order valence-electron chi connectivity index (χ2n) is 13.5. The fourth-order valence-corrected chi connectivity index (χ4v) is 17.8. The van der Waals surface area contributed by atoms with Gasteiger partial charge >= 0.3 is 0 Å². The second kappa shape index (κ2) is 19.5. The van der Waals surface area contributed by atoms with Crippen LogP contribution in [0.4, 0.5) is 0 Å². The first-order valence-corrected chi connectivity index (χ1v) is 24.9. The quantitative estimate of drug-likeness (QED) is 0.111. The molecular weight excluding hydrogens is 704 g/mol. The Kier molecular flexibility index (Phi) is 17.0. The van der Waals surface area contributed by atoms with E-state index < -0.39 is 16.6 Å². The van der Waals surface area contributed by atoms with Crippen molar-refractivity contribution >= 4 is 48.5 Å². The Bertz CT molecular complexity index is 993. The van der Waals surface area contributed by atoms with Gasteiger partial charge in [-0.1, -0.05) is 163 Å². The Balaban J connectivity index is 2.26. The van der Waals surface area contributed by atoms with Gasteiger partial charge < -0.3 is 8.85 Å². The van der Waals surface area contributed by atoms with Gasteiger partial charge in [0.25, 0.3) is 0 Å². The van der Waals surface area contributed by atoms with Gasteiger partial charge in [0.05, 0.1) is 0 Å². The maximum absolute atomic E-state index is 7.94. The van der Waals surface area contributed by atoms with Gasteiger partial charge in [-0.05, 0) is 82.8 Å². The van der Waals surface area contributed by atoms with Crippen LogP contribution in [-0.4, -0.2) is 16.6 Å². The molecule has 0 N–H and O–H groups in total. The highest BCUT2D eigenvalue weighted by Crippen LogP contribution is 2.53. The average molecular weight is 767 g/mol. The van der Waals surface area contributed by atoms with Crippen molar-refractivity contribution in [1.29, 1.82) is 0 Å². The Labute approximate surface area is 290 Å². The molecule has 2 aromatic carbocycles. The van der Waals surface area contributed by atoms with E-state index in [-0.39, 0.29) is 12.2 Å². The molecule has 44 heavy (non-hydrogen) atoms. The van der Waals surface area contributed by atoms with Crippen LogP contribution in [0.3, 0.4) is 0 Å². The van der Waals surface area contributed by atoms with E-state index >= 15 is 0 Å². The van der Waals surface area contributed by atoms with E-state index in [1.807, 2.05) is 0 Å². The SMILES string of the molecule is CCCC[Si](CCCC)(CCCC)O[C@@H]1c2cc(Br)ccc2-c2ccc(Br)cc2[C@H]1O[Si](CCCC)(CCCC)CCCC. The zero-order chi connectivity index (χ0) is 32.0. The van der Waals surface area contributed by atoms with Gasteiger partial charge in [-0.15, -0.1) is 0 Å². The fourth-order valence-electron chi connectivity index (χ4n) is 7.24. The summed E-state index contributed by atoms with van der Waals surface area (Å²) in [6.45, 7) is 14.1. The number of hydrogen-bond acceptors (Lipinski definition) is 2. The number of rotatable bonds is 22. The third kappa shape index (κ3) is 10.4. The molecule has 0 saturated carbocycles. The standard InChI is InChI=1S/C38H62Br2O2Si2/c1-7-13-23-43(24-14-8-2,25-15-9-3)41-37-35-29-31(39)19-21-33(35)34-22-20-32(40)30-36(34)38(37)42-44(26-16-10-4,27-17-11-5)28-18-12-6/h19-22,29-30,37-38H,7-18,23-28H2,1-6H3/t37-,38-/m1/s1. The van der Waals surface area contributed by atoms with E-state index in [4.69, 9.17) is 8.85 Å². The number of hydrogen-bond donors (Lipinski definition) is 0. The number of benzene rings is 2. The fraction of sp³-hybridized carbons (Fsp3) is 0.684. The minimum atomic E-state index is -2.05. The maximum Gasteiger partial charge on any atom is 0.193 e. The number of fused-ring (bicyclic) bond motifs is 3. The van der Waals surface area contributed by atoms with Crippen molar-refractivity contribution in [3.63, 3.8) is 0 Å². The van der Waals surface area contributed by atoms with Crippen LogP contribution in [0.15, 0.2) is 45.3 Å². The second-order valence-corrected chi connectivity index (χ2v) is 23.6. The summed E-state index contributed by atoms with van der Waals surface area (Å²) in [5.74, 6) is 0. The minimum Gasteiger partial charge on any atom is -0.407 e. The molecule has 0 saturated heterocycles.